The van der Waals surface area contributed by atoms with E-state index in [9.17, 15) is 13.2 Å². The van der Waals surface area contributed by atoms with Crippen LogP contribution < -0.4 is 15.8 Å². The molecule has 0 aromatic heterocycles. The van der Waals surface area contributed by atoms with Gasteiger partial charge in [-0.25, -0.2) is 13.1 Å². The molecule has 0 aliphatic rings. The molecule has 118 valence electrons. The molecule has 1 rings (SSSR count). The molecule has 1 aromatic carbocycles. The zero-order valence-electron chi connectivity index (χ0n) is 12.4. The Hall–Kier alpha value is -1.44. The summed E-state index contributed by atoms with van der Waals surface area (Å²) < 4.78 is 26.4. The SMILES string of the molecule is CCCC(C)C(=O)Nc1cccc(S(=O)(=O)NCCN)c1. The molecule has 1 atom stereocenters. The minimum atomic E-state index is -3.59. The van der Waals surface area contributed by atoms with Crippen LogP contribution in [-0.2, 0) is 14.8 Å². The zero-order valence-corrected chi connectivity index (χ0v) is 13.2. The topological polar surface area (TPSA) is 101 Å². The fraction of sp³-hybridized carbons (Fsp3) is 0.500. The molecule has 1 unspecified atom stereocenters. The molecule has 4 N–H and O–H groups in total. The third-order valence-corrected chi connectivity index (χ3v) is 4.48. The molecule has 0 aliphatic carbocycles. The highest BCUT2D eigenvalue weighted by molar-refractivity contribution is 7.89. The fourth-order valence-corrected chi connectivity index (χ4v) is 2.94. The van der Waals surface area contributed by atoms with Gasteiger partial charge in [0, 0.05) is 24.7 Å². The Morgan fingerprint density at radius 2 is 2.10 bits per heavy atom. The molecule has 0 radical (unpaired) electrons. The van der Waals surface area contributed by atoms with Gasteiger partial charge in [0.05, 0.1) is 4.90 Å². The van der Waals surface area contributed by atoms with Gasteiger partial charge in [-0.1, -0.05) is 26.3 Å². The molecule has 0 saturated heterocycles. The lowest BCUT2D eigenvalue weighted by molar-refractivity contribution is -0.119. The molecule has 0 bridgehead atoms. The second-order valence-electron chi connectivity index (χ2n) is 4.89. The van der Waals surface area contributed by atoms with Crippen LogP contribution in [-0.4, -0.2) is 27.4 Å². The average molecular weight is 313 g/mol. The van der Waals surface area contributed by atoms with Crippen molar-refractivity contribution in [2.75, 3.05) is 18.4 Å². The molecule has 0 fully saturated rings. The number of rotatable bonds is 8. The average Bonchev–Trinajstić information content (AvgIpc) is 2.45. The summed E-state index contributed by atoms with van der Waals surface area (Å²) in [4.78, 5) is 12.1. The first kappa shape index (κ1) is 17.6. The molecule has 21 heavy (non-hydrogen) atoms. The quantitative estimate of drug-likeness (QED) is 0.673. The second-order valence-corrected chi connectivity index (χ2v) is 6.66. The number of hydrogen-bond acceptors (Lipinski definition) is 4. The molecule has 0 aliphatic heterocycles. The Kier molecular flexibility index (Phi) is 6.80. The lowest BCUT2D eigenvalue weighted by Crippen LogP contribution is -2.29. The van der Waals surface area contributed by atoms with Gasteiger partial charge in [-0.15, -0.1) is 0 Å². The number of hydrogen-bond donors (Lipinski definition) is 3. The van der Waals surface area contributed by atoms with E-state index < -0.39 is 10.0 Å². The minimum absolute atomic E-state index is 0.106. The number of anilines is 1. The summed E-state index contributed by atoms with van der Waals surface area (Å²) in [5.74, 6) is -0.216. The third kappa shape index (κ3) is 5.45. The molecule has 1 amide bonds. The van der Waals surface area contributed by atoms with Gasteiger partial charge in [0.25, 0.3) is 0 Å². The number of benzene rings is 1. The van der Waals surface area contributed by atoms with E-state index in [1.54, 1.807) is 12.1 Å². The molecule has 0 heterocycles. The number of carbonyl (C=O) groups is 1. The Labute approximate surface area is 126 Å². The van der Waals surface area contributed by atoms with Crippen LogP contribution in [0.5, 0.6) is 0 Å². The van der Waals surface area contributed by atoms with Gasteiger partial charge in [-0.3, -0.25) is 4.79 Å². The van der Waals surface area contributed by atoms with Crippen molar-refractivity contribution in [2.24, 2.45) is 11.7 Å². The summed E-state index contributed by atoms with van der Waals surface area (Å²) in [6.45, 7) is 4.26. The summed E-state index contributed by atoms with van der Waals surface area (Å²) in [5, 5.41) is 2.74. The number of sulfonamides is 1. The van der Waals surface area contributed by atoms with Gasteiger partial charge in [-0.05, 0) is 24.6 Å². The summed E-state index contributed by atoms with van der Waals surface area (Å²) in [5.41, 5.74) is 5.76. The van der Waals surface area contributed by atoms with Crippen LogP contribution in [0, 0.1) is 5.92 Å². The Balaban J connectivity index is 2.84. The molecule has 0 spiro atoms. The highest BCUT2D eigenvalue weighted by Crippen LogP contribution is 2.17. The van der Waals surface area contributed by atoms with E-state index in [1.165, 1.54) is 12.1 Å². The van der Waals surface area contributed by atoms with Gasteiger partial charge in [0.1, 0.15) is 0 Å². The van der Waals surface area contributed by atoms with E-state index in [0.717, 1.165) is 12.8 Å². The van der Waals surface area contributed by atoms with E-state index in [2.05, 4.69) is 10.0 Å². The largest absolute Gasteiger partial charge is 0.329 e. The first-order chi connectivity index (χ1) is 9.90. The highest BCUT2D eigenvalue weighted by Gasteiger charge is 2.15. The monoisotopic (exact) mass is 313 g/mol. The van der Waals surface area contributed by atoms with E-state index in [1.807, 2.05) is 13.8 Å². The van der Waals surface area contributed by atoms with Crippen LogP contribution in [0.4, 0.5) is 5.69 Å². The molecular formula is C14H23N3O3S. The maximum atomic E-state index is 12.0. The predicted octanol–water partition coefficient (Wildman–Crippen LogP) is 1.30. The Morgan fingerprint density at radius 1 is 1.38 bits per heavy atom. The smallest absolute Gasteiger partial charge is 0.240 e. The number of nitrogens with two attached hydrogens (primary N) is 1. The van der Waals surface area contributed by atoms with Crippen LogP contribution in [0.1, 0.15) is 26.7 Å². The van der Waals surface area contributed by atoms with E-state index in [0.29, 0.717) is 5.69 Å². The highest BCUT2D eigenvalue weighted by atomic mass is 32.2. The van der Waals surface area contributed by atoms with E-state index >= 15 is 0 Å². The molecule has 7 heteroatoms. The van der Waals surface area contributed by atoms with Gasteiger partial charge in [0.15, 0.2) is 0 Å². The molecule has 0 saturated carbocycles. The van der Waals surface area contributed by atoms with Crippen molar-refractivity contribution in [3.8, 4) is 0 Å². The summed E-state index contributed by atoms with van der Waals surface area (Å²) >= 11 is 0. The van der Waals surface area contributed by atoms with Crippen molar-refractivity contribution in [1.82, 2.24) is 4.72 Å². The second kappa shape index (κ2) is 8.11. The molecule has 6 nitrogen and oxygen atoms in total. The van der Waals surface area contributed by atoms with Crippen molar-refractivity contribution < 1.29 is 13.2 Å². The lowest BCUT2D eigenvalue weighted by atomic mass is 10.1. The van der Waals surface area contributed by atoms with Crippen molar-refractivity contribution >= 4 is 21.6 Å². The van der Waals surface area contributed by atoms with Crippen molar-refractivity contribution in [2.45, 2.75) is 31.6 Å². The van der Waals surface area contributed by atoms with Crippen LogP contribution in [0.25, 0.3) is 0 Å². The van der Waals surface area contributed by atoms with Gasteiger partial charge in [0.2, 0.25) is 15.9 Å². The van der Waals surface area contributed by atoms with E-state index in [-0.39, 0.29) is 29.8 Å². The standard InChI is InChI=1S/C14H23N3O3S/c1-3-5-11(2)14(18)17-12-6-4-7-13(10-12)21(19,20)16-9-8-15/h4,6-7,10-11,16H,3,5,8-9,15H2,1-2H3,(H,17,18). The molecule has 1 aromatic rings. The number of amides is 1. The van der Waals surface area contributed by atoms with Crippen molar-refractivity contribution in [1.29, 1.82) is 0 Å². The molecular weight excluding hydrogens is 290 g/mol. The maximum absolute atomic E-state index is 12.0. The van der Waals surface area contributed by atoms with Crippen molar-refractivity contribution in [3.05, 3.63) is 24.3 Å². The summed E-state index contributed by atoms with van der Waals surface area (Å²) in [6.07, 6.45) is 1.72. The van der Waals surface area contributed by atoms with Gasteiger partial charge in [-0.2, -0.15) is 0 Å². The maximum Gasteiger partial charge on any atom is 0.240 e. The van der Waals surface area contributed by atoms with Crippen molar-refractivity contribution in [3.63, 3.8) is 0 Å². The van der Waals surface area contributed by atoms with Crippen LogP contribution in [0.15, 0.2) is 29.2 Å². The van der Waals surface area contributed by atoms with Gasteiger partial charge >= 0.3 is 0 Å². The lowest BCUT2D eigenvalue weighted by Gasteiger charge is -2.12. The number of carbonyl (C=O) groups excluding carboxylic acids is 1. The first-order valence-electron chi connectivity index (χ1n) is 7.01. The third-order valence-electron chi connectivity index (χ3n) is 3.02. The van der Waals surface area contributed by atoms with Crippen LogP contribution in [0.2, 0.25) is 0 Å². The van der Waals surface area contributed by atoms with Crippen LogP contribution in [0.3, 0.4) is 0 Å². The number of nitrogens with one attached hydrogen (secondary N) is 2. The summed E-state index contributed by atoms with van der Waals surface area (Å²) in [7, 11) is -3.59. The zero-order chi connectivity index (χ0) is 15.9. The van der Waals surface area contributed by atoms with E-state index in [4.69, 9.17) is 5.73 Å². The van der Waals surface area contributed by atoms with Gasteiger partial charge < -0.3 is 11.1 Å². The minimum Gasteiger partial charge on any atom is -0.329 e. The fourth-order valence-electron chi connectivity index (χ4n) is 1.85. The van der Waals surface area contributed by atoms with Crippen LogP contribution >= 0.6 is 0 Å². The summed E-state index contributed by atoms with van der Waals surface area (Å²) in [6, 6.07) is 6.18. The Bertz CT molecular complexity index is 573. The normalized spacial score (nSPS) is 12.9. The predicted molar refractivity (Wildman–Crippen MR) is 83.4 cm³/mol. The first-order valence-corrected chi connectivity index (χ1v) is 8.49. The Morgan fingerprint density at radius 3 is 2.71 bits per heavy atom.